The molecule has 8 nitrogen and oxygen atoms in total. The highest BCUT2D eigenvalue weighted by Gasteiger charge is 2.49. The Kier molecular flexibility index (Phi) is 11.2. The summed E-state index contributed by atoms with van der Waals surface area (Å²) in [6.07, 6.45) is -4.94. The average Bonchev–Trinajstić information content (AvgIpc) is 2.98. The molecule has 0 aliphatic carbocycles. The predicted octanol–water partition coefficient (Wildman–Crippen LogP) is 2.83. The van der Waals surface area contributed by atoms with Crippen molar-refractivity contribution in [1.29, 1.82) is 0 Å². The lowest BCUT2D eigenvalue weighted by Crippen LogP contribution is -2.61. The van der Waals surface area contributed by atoms with Gasteiger partial charge in [-0.15, -0.1) is 0 Å². The summed E-state index contributed by atoms with van der Waals surface area (Å²) >= 11 is 0. The molecule has 3 aromatic rings. The molecule has 1 aliphatic heterocycles. The number of rotatable bonds is 14. The Balaban J connectivity index is 1.59. The zero-order chi connectivity index (χ0) is 26.6. The van der Waals surface area contributed by atoms with Crippen molar-refractivity contribution in [3.63, 3.8) is 0 Å². The molecule has 38 heavy (non-hydrogen) atoms. The van der Waals surface area contributed by atoms with E-state index >= 15 is 0 Å². The average molecular weight is 525 g/mol. The molecule has 204 valence electrons. The largest absolute Gasteiger partial charge is 0.394 e. The fourth-order valence-electron chi connectivity index (χ4n) is 4.29. The van der Waals surface area contributed by atoms with Crippen molar-refractivity contribution in [3.05, 3.63) is 108 Å². The standard InChI is InChI=1S/C30H36O8/c31-16-25(33)21-37-30-29(36-20-24-14-8-3-9-15-24)28(35-19-23-12-6-2-7-13-23)27(26(17-32)38-30)34-18-22-10-4-1-5-11-22/h1-15,25-33H,16-21H2/t25-,26-,27+,28+,29-,30-/m1/s1. The molecule has 0 unspecified atom stereocenters. The summed E-state index contributed by atoms with van der Waals surface area (Å²) in [5.74, 6) is 0. The van der Waals surface area contributed by atoms with E-state index in [9.17, 15) is 15.3 Å². The summed E-state index contributed by atoms with van der Waals surface area (Å²) in [5, 5.41) is 29.4. The summed E-state index contributed by atoms with van der Waals surface area (Å²) in [5.41, 5.74) is 2.89. The van der Waals surface area contributed by atoms with Crippen LogP contribution < -0.4 is 0 Å². The third-order valence-electron chi connectivity index (χ3n) is 6.29. The van der Waals surface area contributed by atoms with E-state index in [-0.39, 0.29) is 33.0 Å². The summed E-state index contributed by atoms with van der Waals surface area (Å²) in [6, 6.07) is 29.2. The van der Waals surface area contributed by atoms with Gasteiger partial charge in [0.1, 0.15) is 30.5 Å². The molecule has 0 saturated carbocycles. The van der Waals surface area contributed by atoms with Gasteiger partial charge in [0.2, 0.25) is 0 Å². The Bertz CT molecular complexity index is 1040. The highest BCUT2D eigenvalue weighted by atomic mass is 16.7. The van der Waals surface area contributed by atoms with E-state index in [2.05, 4.69) is 0 Å². The fourth-order valence-corrected chi connectivity index (χ4v) is 4.29. The zero-order valence-corrected chi connectivity index (χ0v) is 21.2. The molecule has 4 rings (SSSR count). The molecule has 0 radical (unpaired) electrons. The van der Waals surface area contributed by atoms with Crippen LogP contribution in [0, 0.1) is 0 Å². The number of ether oxygens (including phenoxy) is 5. The molecule has 1 fully saturated rings. The second-order valence-electron chi connectivity index (χ2n) is 9.18. The number of aliphatic hydroxyl groups is 3. The smallest absolute Gasteiger partial charge is 0.187 e. The van der Waals surface area contributed by atoms with Gasteiger partial charge in [0, 0.05) is 0 Å². The molecule has 3 N–H and O–H groups in total. The van der Waals surface area contributed by atoms with Crippen LogP contribution >= 0.6 is 0 Å². The molecule has 1 aliphatic rings. The molecule has 0 amide bonds. The summed E-state index contributed by atoms with van der Waals surface area (Å²) in [7, 11) is 0. The zero-order valence-electron chi connectivity index (χ0n) is 21.2. The lowest BCUT2D eigenvalue weighted by molar-refractivity contribution is -0.329. The molecule has 1 heterocycles. The summed E-state index contributed by atoms with van der Waals surface area (Å²) in [4.78, 5) is 0. The van der Waals surface area contributed by atoms with Gasteiger partial charge in [0.05, 0.1) is 39.6 Å². The van der Waals surface area contributed by atoms with Crippen LogP contribution in [0.2, 0.25) is 0 Å². The minimum absolute atomic E-state index is 0.175. The van der Waals surface area contributed by atoms with E-state index in [1.165, 1.54) is 0 Å². The fraction of sp³-hybridized carbons (Fsp3) is 0.400. The number of hydrogen-bond acceptors (Lipinski definition) is 8. The topological polar surface area (TPSA) is 107 Å². The van der Waals surface area contributed by atoms with E-state index in [1.807, 2.05) is 91.0 Å². The summed E-state index contributed by atoms with van der Waals surface area (Å²) < 4.78 is 31.1. The van der Waals surface area contributed by atoms with Gasteiger partial charge in [-0.25, -0.2) is 0 Å². The van der Waals surface area contributed by atoms with E-state index < -0.39 is 43.4 Å². The van der Waals surface area contributed by atoms with E-state index in [1.54, 1.807) is 0 Å². The second kappa shape index (κ2) is 15.1. The molecule has 0 aromatic heterocycles. The van der Waals surface area contributed by atoms with Crippen LogP contribution in [0.25, 0.3) is 0 Å². The second-order valence-corrected chi connectivity index (χ2v) is 9.18. The van der Waals surface area contributed by atoms with Crippen molar-refractivity contribution in [1.82, 2.24) is 0 Å². The molecule has 8 heteroatoms. The van der Waals surface area contributed by atoms with Crippen molar-refractivity contribution < 1.29 is 39.0 Å². The first-order valence-electron chi connectivity index (χ1n) is 12.8. The normalized spacial score (nSPS) is 24.2. The van der Waals surface area contributed by atoms with Gasteiger partial charge in [0.15, 0.2) is 6.29 Å². The van der Waals surface area contributed by atoms with Crippen LogP contribution in [0.15, 0.2) is 91.0 Å². The molecule has 3 aromatic carbocycles. The van der Waals surface area contributed by atoms with Gasteiger partial charge in [-0.1, -0.05) is 91.0 Å². The Morgan fingerprint density at radius 3 is 1.50 bits per heavy atom. The Labute approximate surface area is 223 Å². The summed E-state index contributed by atoms with van der Waals surface area (Å²) in [6.45, 7) is -0.132. The third kappa shape index (κ3) is 8.17. The molecule has 6 atom stereocenters. The van der Waals surface area contributed by atoms with E-state index in [0.29, 0.717) is 0 Å². The maximum Gasteiger partial charge on any atom is 0.187 e. The number of hydrogen-bond donors (Lipinski definition) is 3. The number of aliphatic hydroxyl groups excluding tert-OH is 3. The lowest BCUT2D eigenvalue weighted by Gasteiger charge is -2.45. The van der Waals surface area contributed by atoms with Crippen LogP contribution in [0.3, 0.4) is 0 Å². The molecule has 1 saturated heterocycles. The van der Waals surface area contributed by atoms with Crippen molar-refractivity contribution >= 4 is 0 Å². The van der Waals surface area contributed by atoms with Crippen molar-refractivity contribution in [3.8, 4) is 0 Å². The molecule has 0 bridgehead atoms. The van der Waals surface area contributed by atoms with Crippen LogP contribution in [-0.2, 0) is 43.5 Å². The van der Waals surface area contributed by atoms with Crippen molar-refractivity contribution in [2.24, 2.45) is 0 Å². The van der Waals surface area contributed by atoms with Gasteiger partial charge in [-0.2, -0.15) is 0 Å². The van der Waals surface area contributed by atoms with Crippen LogP contribution in [-0.4, -0.2) is 72.0 Å². The molecular weight excluding hydrogens is 488 g/mol. The maximum atomic E-state index is 10.3. The van der Waals surface area contributed by atoms with Gasteiger partial charge in [0.25, 0.3) is 0 Å². The first-order valence-corrected chi connectivity index (χ1v) is 12.8. The quantitative estimate of drug-likeness (QED) is 0.296. The van der Waals surface area contributed by atoms with Crippen LogP contribution in [0.1, 0.15) is 16.7 Å². The number of benzene rings is 3. The highest BCUT2D eigenvalue weighted by molar-refractivity contribution is 5.15. The van der Waals surface area contributed by atoms with Crippen LogP contribution in [0.5, 0.6) is 0 Å². The van der Waals surface area contributed by atoms with E-state index in [4.69, 9.17) is 23.7 Å². The SMILES string of the molecule is OC[C@@H](O)CO[C@@H]1O[C@H](CO)[C@H](OCc2ccccc2)[C@H](OCc2ccccc2)[C@H]1OCc1ccccc1. The third-order valence-corrected chi connectivity index (χ3v) is 6.29. The monoisotopic (exact) mass is 524 g/mol. The minimum atomic E-state index is -1.09. The lowest BCUT2D eigenvalue weighted by atomic mass is 9.98. The molecule has 0 spiro atoms. The first kappa shape index (κ1) is 28.4. The van der Waals surface area contributed by atoms with Gasteiger partial charge in [-0.3, -0.25) is 0 Å². The van der Waals surface area contributed by atoms with Crippen LogP contribution in [0.4, 0.5) is 0 Å². The van der Waals surface area contributed by atoms with Gasteiger partial charge < -0.3 is 39.0 Å². The minimum Gasteiger partial charge on any atom is -0.394 e. The Hall–Kier alpha value is -2.66. The Morgan fingerprint density at radius 1 is 0.605 bits per heavy atom. The first-order chi connectivity index (χ1) is 18.7. The van der Waals surface area contributed by atoms with E-state index in [0.717, 1.165) is 16.7 Å². The maximum absolute atomic E-state index is 10.3. The predicted molar refractivity (Wildman–Crippen MR) is 140 cm³/mol. The Morgan fingerprint density at radius 2 is 1.05 bits per heavy atom. The van der Waals surface area contributed by atoms with Crippen molar-refractivity contribution in [2.45, 2.75) is 56.6 Å². The van der Waals surface area contributed by atoms with Crippen molar-refractivity contribution in [2.75, 3.05) is 19.8 Å². The highest BCUT2D eigenvalue weighted by Crippen LogP contribution is 2.31. The van der Waals surface area contributed by atoms with Gasteiger partial charge >= 0.3 is 0 Å². The van der Waals surface area contributed by atoms with Gasteiger partial charge in [-0.05, 0) is 16.7 Å². The molecular formula is C30H36O8.